The Kier molecular flexibility index (Phi) is 10.4. The molecule has 42 heavy (non-hydrogen) atoms. The molecule has 0 unspecified atom stereocenters. The molecule has 2 fully saturated rings. The highest BCUT2D eigenvalue weighted by molar-refractivity contribution is 7.52. The van der Waals surface area contributed by atoms with Crippen LogP contribution in [0.5, 0.6) is 5.75 Å². The number of hydrogen-bond acceptors (Lipinski definition) is 10. The molecule has 6 atom stereocenters. The van der Waals surface area contributed by atoms with Gasteiger partial charge in [-0.1, -0.05) is 37.5 Å². The largest absolute Gasteiger partial charge is 0.465 e. The molecule has 0 saturated carbocycles. The average molecular weight is 612 g/mol. The van der Waals surface area contributed by atoms with E-state index in [9.17, 15) is 23.7 Å². The van der Waals surface area contributed by atoms with Crippen LogP contribution >= 0.6 is 7.75 Å². The molecule has 0 radical (unpaired) electrons. The number of rotatable bonds is 3. The van der Waals surface area contributed by atoms with Crippen LogP contribution in [0.2, 0.25) is 0 Å². The Bertz CT molecular complexity index is 1400. The normalized spacial score (nSPS) is 32.1. The number of para-hydroxylation sites is 1. The zero-order chi connectivity index (χ0) is 30.3. The number of nitrogens with zero attached hydrogens (tertiary/aromatic N) is 1. The van der Waals surface area contributed by atoms with Gasteiger partial charge in [-0.15, -0.1) is 0 Å². The maximum Gasteiger partial charge on any atom is 0.459 e. The third-order valence-corrected chi connectivity index (χ3v) is 8.54. The van der Waals surface area contributed by atoms with Crippen molar-refractivity contribution in [2.24, 2.45) is 0 Å². The summed E-state index contributed by atoms with van der Waals surface area (Å²) >= 11 is 0. The van der Waals surface area contributed by atoms with Crippen molar-refractivity contribution < 1.29 is 41.8 Å². The Balaban J connectivity index is 1.65. The first-order valence-electron chi connectivity index (χ1n) is 13.8. The van der Waals surface area contributed by atoms with E-state index < -0.39 is 67.7 Å². The second-order valence-electron chi connectivity index (χ2n) is 10.3. The van der Waals surface area contributed by atoms with E-state index in [4.69, 9.17) is 23.3 Å². The highest BCUT2D eigenvalue weighted by Crippen LogP contribution is 2.48. The van der Waals surface area contributed by atoms with Crippen LogP contribution in [0, 0.1) is 0 Å². The highest BCUT2D eigenvalue weighted by atomic mass is 31.2. The number of benzene rings is 1. The Labute approximate surface area is 241 Å². The van der Waals surface area contributed by atoms with Crippen LogP contribution in [0.1, 0.15) is 58.6 Å². The Morgan fingerprint density at radius 3 is 2.50 bits per heavy atom. The summed E-state index contributed by atoms with van der Waals surface area (Å²) in [5.74, 6) is -1.20. The van der Waals surface area contributed by atoms with Crippen molar-refractivity contribution in [3.8, 4) is 5.75 Å². The summed E-state index contributed by atoms with van der Waals surface area (Å²) in [6.07, 6.45) is -0.220. The lowest BCUT2D eigenvalue weighted by Gasteiger charge is -2.28. The summed E-state index contributed by atoms with van der Waals surface area (Å²) in [6, 6.07) is 7.93. The van der Waals surface area contributed by atoms with E-state index in [0.29, 0.717) is 19.3 Å². The average Bonchev–Trinajstić information content (AvgIpc) is 3.18. The van der Waals surface area contributed by atoms with Gasteiger partial charge < -0.3 is 18.7 Å². The fourth-order valence-electron chi connectivity index (χ4n) is 4.71. The van der Waals surface area contributed by atoms with Gasteiger partial charge in [-0.2, -0.15) is 5.09 Å². The summed E-state index contributed by atoms with van der Waals surface area (Å²) in [4.78, 5) is 51.5. The summed E-state index contributed by atoms with van der Waals surface area (Å²) in [7, 11) is -4.36. The Morgan fingerprint density at radius 1 is 1.05 bits per heavy atom. The summed E-state index contributed by atoms with van der Waals surface area (Å²) < 4.78 is 59.1. The number of carbonyl (C=O) groups is 2. The molecule has 1 aromatic heterocycles. The fourth-order valence-corrected chi connectivity index (χ4v) is 6.21. The van der Waals surface area contributed by atoms with E-state index in [-0.39, 0.29) is 18.8 Å². The van der Waals surface area contributed by atoms with Gasteiger partial charge in [0.1, 0.15) is 17.9 Å². The molecule has 13 nitrogen and oxygen atoms in total. The van der Waals surface area contributed by atoms with Gasteiger partial charge in [0.15, 0.2) is 18.0 Å². The molecule has 0 aliphatic carbocycles. The van der Waals surface area contributed by atoms with Gasteiger partial charge in [-0.05, 0) is 38.8 Å². The topological polar surface area (TPSA) is 164 Å². The summed E-state index contributed by atoms with van der Waals surface area (Å²) in [5, 5.41) is 2.55. The van der Waals surface area contributed by atoms with E-state index in [1.807, 2.05) is 4.98 Å². The maximum absolute atomic E-state index is 16.4. The number of aromatic amines is 1. The van der Waals surface area contributed by atoms with Crippen molar-refractivity contribution >= 4 is 19.7 Å². The highest BCUT2D eigenvalue weighted by Gasteiger charge is 2.58. The molecule has 1 aromatic carbocycles. The standard InChI is InChI=1S/C27H35FN3O10P/c1-18-24(34)37-16-10-5-3-4-9-13-22(33)40-23-20(17-38-42(36,30-18)41-19-11-7-6-8-12-19)39-25(27(23,2)28)31-15-14-21(32)29-26(31)35/h6-8,11-12,14-15,18,20,23,25H,3-5,9-10,13,16-17H2,1-2H3,(H,30,36)(H,29,32,35)/t18-,20+,23+,25+,27+,42-/m0/s1. The molecule has 15 heteroatoms. The molecule has 2 saturated heterocycles. The molecule has 2 aromatic rings. The van der Waals surface area contributed by atoms with Gasteiger partial charge in [0, 0.05) is 18.7 Å². The summed E-state index contributed by atoms with van der Waals surface area (Å²) in [5.41, 5.74) is -4.12. The number of aromatic nitrogens is 2. The molecule has 2 aliphatic rings. The van der Waals surface area contributed by atoms with Crippen molar-refractivity contribution in [3.05, 3.63) is 63.4 Å². The minimum atomic E-state index is -4.36. The molecule has 230 valence electrons. The fraction of sp³-hybridized carbons (Fsp3) is 0.556. The number of cyclic esters (lactones) is 1. The van der Waals surface area contributed by atoms with E-state index in [1.165, 1.54) is 19.1 Å². The number of hydrogen-bond donors (Lipinski definition) is 2. The number of H-pyrrole nitrogens is 1. The maximum atomic E-state index is 16.4. The zero-order valence-corrected chi connectivity index (χ0v) is 24.3. The zero-order valence-electron chi connectivity index (χ0n) is 23.4. The van der Waals surface area contributed by atoms with E-state index >= 15 is 4.39 Å². The van der Waals surface area contributed by atoms with E-state index in [2.05, 4.69) is 5.09 Å². The van der Waals surface area contributed by atoms with Gasteiger partial charge in [-0.3, -0.25) is 28.5 Å². The molecule has 3 heterocycles. The monoisotopic (exact) mass is 611 g/mol. The van der Waals surface area contributed by atoms with Gasteiger partial charge in [0.25, 0.3) is 5.56 Å². The number of ether oxygens (including phenoxy) is 3. The molecule has 0 amide bonds. The lowest BCUT2D eigenvalue weighted by atomic mass is 9.98. The molecular formula is C27H35FN3O10P. The molecule has 4 rings (SSSR count). The predicted molar refractivity (Wildman–Crippen MR) is 147 cm³/mol. The van der Waals surface area contributed by atoms with Crippen molar-refractivity contribution in [2.75, 3.05) is 13.2 Å². The number of carbonyl (C=O) groups excluding carboxylic acids is 2. The first-order valence-corrected chi connectivity index (χ1v) is 15.3. The first-order chi connectivity index (χ1) is 20.0. The molecule has 2 N–H and O–H groups in total. The number of fused-ring (bicyclic) bond motifs is 1. The predicted octanol–water partition coefficient (Wildman–Crippen LogP) is 3.15. The van der Waals surface area contributed by atoms with Crippen molar-refractivity contribution in [1.82, 2.24) is 14.6 Å². The Hall–Kier alpha value is -3.32. The summed E-state index contributed by atoms with van der Waals surface area (Å²) in [6.45, 7) is 2.05. The number of nitrogens with one attached hydrogen (secondary N) is 2. The lowest BCUT2D eigenvalue weighted by Crippen LogP contribution is -2.46. The first kappa shape index (κ1) is 31.6. The minimum Gasteiger partial charge on any atom is -0.465 e. The van der Waals surface area contributed by atoms with Crippen LogP contribution in [0.3, 0.4) is 0 Å². The van der Waals surface area contributed by atoms with Crippen LogP contribution in [0.15, 0.2) is 52.2 Å². The molecular weight excluding hydrogens is 576 g/mol. The van der Waals surface area contributed by atoms with E-state index in [0.717, 1.165) is 36.6 Å². The van der Waals surface area contributed by atoms with Crippen molar-refractivity contribution in [3.63, 3.8) is 0 Å². The second kappa shape index (κ2) is 13.8. The third kappa shape index (κ3) is 7.94. The second-order valence-corrected chi connectivity index (χ2v) is 12.0. The van der Waals surface area contributed by atoms with Crippen LogP contribution < -0.4 is 20.9 Å². The van der Waals surface area contributed by atoms with Gasteiger partial charge in [0.2, 0.25) is 0 Å². The van der Waals surface area contributed by atoms with Gasteiger partial charge in [0.05, 0.1) is 13.2 Å². The third-order valence-electron chi connectivity index (χ3n) is 6.90. The van der Waals surface area contributed by atoms with E-state index in [1.54, 1.807) is 18.2 Å². The number of esters is 2. The van der Waals surface area contributed by atoms with Crippen LogP contribution in [0.4, 0.5) is 4.39 Å². The van der Waals surface area contributed by atoms with Crippen LogP contribution in [0.25, 0.3) is 0 Å². The van der Waals surface area contributed by atoms with Gasteiger partial charge in [-0.25, -0.2) is 13.8 Å². The Morgan fingerprint density at radius 2 is 1.76 bits per heavy atom. The minimum absolute atomic E-state index is 0.00704. The van der Waals surface area contributed by atoms with Crippen LogP contribution in [-0.4, -0.2) is 58.6 Å². The lowest BCUT2D eigenvalue weighted by molar-refractivity contribution is -0.158. The van der Waals surface area contributed by atoms with Gasteiger partial charge >= 0.3 is 25.4 Å². The molecule has 0 spiro atoms. The van der Waals surface area contributed by atoms with Crippen LogP contribution in [-0.2, 0) is 32.9 Å². The number of alkyl halides is 1. The SMILES string of the molecule is C[C@@H]1N[P@@](=O)(Oc2ccccc2)OC[C@H]2O[C@@H](n3ccc(=O)[nH]c3=O)[C@](C)(F)[C@@H]2OC(=O)CCCCCCCOC1=O. The molecule has 0 bridgehead atoms. The van der Waals surface area contributed by atoms with Crippen molar-refractivity contribution in [2.45, 2.75) is 82.5 Å². The smallest absolute Gasteiger partial charge is 0.459 e. The number of halogens is 1. The quantitative estimate of drug-likeness (QED) is 0.387. The van der Waals surface area contributed by atoms with Crippen molar-refractivity contribution in [1.29, 1.82) is 0 Å². The molecule has 2 aliphatic heterocycles.